The zero-order valence-electron chi connectivity index (χ0n) is 20.9. The third-order valence-electron chi connectivity index (χ3n) is 5.80. The van der Waals surface area contributed by atoms with Gasteiger partial charge in [0.05, 0.1) is 14.2 Å². The maximum absolute atomic E-state index is 12.4. The summed E-state index contributed by atoms with van der Waals surface area (Å²) in [6, 6.07) is 13.5. The van der Waals surface area contributed by atoms with Gasteiger partial charge in [-0.05, 0) is 61.1 Å². The quantitative estimate of drug-likeness (QED) is 0.429. The van der Waals surface area contributed by atoms with Gasteiger partial charge in [0.25, 0.3) is 0 Å². The van der Waals surface area contributed by atoms with E-state index in [0.717, 1.165) is 40.1 Å². The van der Waals surface area contributed by atoms with Gasteiger partial charge < -0.3 is 19.9 Å². The van der Waals surface area contributed by atoms with Gasteiger partial charge >= 0.3 is 5.97 Å². The number of pyridine rings is 1. The molecule has 6 nitrogen and oxygen atoms in total. The van der Waals surface area contributed by atoms with Gasteiger partial charge in [-0.3, -0.25) is 4.98 Å². The highest BCUT2D eigenvalue weighted by atomic mass is 16.5. The van der Waals surface area contributed by atoms with E-state index in [-0.39, 0.29) is 6.61 Å². The van der Waals surface area contributed by atoms with Crippen LogP contribution >= 0.6 is 0 Å². The van der Waals surface area contributed by atoms with E-state index in [1.54, 1.807) is 25.3 Å². The Hall–Kier alpha value is -3.38. The van der Waals surface area contributed by atoms with Crippen LogP contribution in [0, 0.1) is 19.8 Å². The Morgan fingerprint density at radius 3 is 2.32 bits per heavy atom. The Morgan fingerprint density at radius 1 is 1.03 bits per heavy atom. The summed E-state index contributed by atoms with van der Waals surface area (Å²) in [6.45, 7) is 9.03. The molecule has 0 unspecified atom stereocenters. The van der Waals surface area contributed by atoms with Crippen LogP contribution in [-0.4, -0.2) is 25.2 Å². The summed E-state index contributed by atoms with van der Waals surface area (Å²) in [5, 5.41) is 0. The molecule has 0 amide bonds. The molecule has 1 heterocycles. The third-order valence-corrected chi connectivity index (χ3v) is 5.80. The van der Waals surface area contributed by atoms with Crippen LogP contribution in [0.1, 0.15) is 52.3 Å². The van der Waals surface area contributed by atoms with Crippen molar-refractivity contribution in [2.45, 2.75) is 47.3 Å². The fraction of sp³-hybridized carbons (Fsp3) is 0.357. The Kier molecular flexibility index (Phi) is 8.29. The van der Waals surface area contributed by atoms with Crippen LogP contribution in [0.5, 0.6) is 11.5 Å². The summed E-state index contributed by atoms with van der Waals surface area (Å²) in [5.41, 5.74) is 13.8. The minimum absolute atomic E-state index is 0.229. The van der Waals surface area contributed by atoms with Crippen molar-refractivity contribution in [1.82, 2.24) is 4.98 Å². The molecule has 34 heavy (non-hydrogen) atoms. The van der Waals surface area contributed by atoms with E-state index in [9.17, 15) is 4.79 Å². The molecule has 2 aromatic carbocycles. The van der Waals surface area contributed by atoms with E-state index in [2.05, 4.69) is 45.0 Å². The summed E-state index contributed by atoms with van der Waals surface area (Å²) >= 11 is 0. The molecule has 0 bridgehead atoms. The molecule has 0 saturated carbocycles. The van der Waals surface area contributed by atoms with Gasteiger partial charge in [-0.2, -0.15) is 0 Å². The van der Waals surface area contributed by atoms with Gasteiger partial charge in [0.1, 0.15) is 23.7 Å². The fourth-order valence-corrected chi connectivity index (χ4v) is 4.05. The van der Waals surface area contributed by atoms with Crippen molar-refractivity contribution in [3.8, 4) is 22.6 Å². The number of methoxy groups -OCH3 is 2. The van der Waals surface area contributed by atoms with E-state index >= 15 is 0 Å². The fourth-order valence-electron chi connectivity index (χ4n) is 4.05. The molecule has 0 fully saturated rings. The molecule has 3 rings (SSSR count). The maximum Gasteiger partial charge on any atom is 0.341 e. The molecule has 180 valence electrons. The Bertz CT molecular complexity index is 1150. The minimum atomic E-state index is -0.488. The number of aromatic nitrogens is 1. The highest BCUT2D eigenvalue weighted by molar-refractivity contribution is 5.93. The smallest absolute Gasteiger partial charge is 0.341 e. The van der Waals surface area contributed by atoms with E-state index in [4.69, 9.17) is 24.9 Å². The second-order valence-corrected chi connectivity index (χ2v) is 8.79. The first-order valence-electron chi connectivity index (χ1n) is 11.5. The monoisotopic (exact) mass is 462 g/mol. The van der Waals surface area contributed by atoms with Gasteiger partial charge in [-0.15, -0.1) is 0 Å². The number of hydrogen-bond donors (Lipinski definition) is 1. The molecular formula is C28H34N2O4. The number of ether oxygens (including phenoxy) is 3. The number of hydrogen-bond acceptors (Lipinski definition) is 6. The molecule has 0 aliphatic rings. The van der Waals surface area contributed by atoms with Gasteiger partial charge in [0, 0.05) is 23.5 Å². The van der Waals surface area contributed by atoms with Crippen LogP contribution in [0.25, 0.3) is 11.1 Å². The van der Waals surface area contributed by atoms with Gasteiger partial charge in [0.15, 0.2) is 0 Å². The molecule has 0 spiro atoms. The van der Waals surface area contributed by atoms with Gasteiger partial charge in [0.2, 0.25) is 0 Å². The van der Waals surface area contributed by atoms with Crippen molar-refractivity contribution in [3.63, 3.8) is 0 Å². The Balaban J connectivity index is 2.11. The number of aryl methyl sites for hydroxylation is 2. The first-order valence-corrected chi connectivity index (χ1v) is 11.5. The van der Waals surface area contributed by atoms with Crippen LogP contribution in [0.3, 0.4) is 0 Å². The summed E-state index contributed by atoms with van der Waals surface area (Å²) in [4.78, 5) is 17.3. The molecule has 0 aliphatic heterocycles. The largest absolute Gasteiger partial charge is 0.497 e. The summed E-state index contributed by atoms with van der Waals surface area (Å²) in [5.74, 6) is 0.932. The molecule has 0 radical (unpaired) electrons. The highest BCUT2D eigenvalue weighted by Gasteiger charge is 2.21. The Labute approximate surface area is 202 Å². The molecule has 3 aromatic rings. The van der Waals surface area contributed by atoms with Crippen molar-refractivity contribution in [1.29, 1.82) is 0 Å². The molecule has 0 aliphatic carbocycles. The minimum Gasteiger partial charge on any atom is -0.497 e. The van der Waals surface area contributed by atoms with E-state index in [1.165, 1.54) is 12.7 Å². The van der Waals surface area contributed by atoms with Crippen LogP contribution in [0.15, 0.2) is 42.5 Å². The molecule has 1 aromatic heterocycles. The number of benzene rings is 2. The van der Waals surface area contributed by atoms with Crippen molar-refractivity contribution in [3.05, 3.63) is 76.1 Å². The van der Waals surface area contributed by atoms with E-state index in [1.807, 2.05) is 6.92 Å². The molecule has 0 atom stereocenters. The number of carbonyl (C=O) groups is 1. The lowest BCUT2D eigenvalue weighted by molar-refractivity contribution is 0.0595. The normalized spacial score (nSPS) is 10.9. The van der Waals surface area contributed by atoms with Crippen LogP contribution in [0.4, 0.5) is 0 Å². The van der Waals surface area contributed by atoms with Crippen molar-refractivity contribution in [2.24, 2.45) is 11.7 Å². The predicted octanol–water partition coefficient (Wildman–Crippen LogP) is 5.40. The number of nitrogens with zero attached hydrogens (tertiary/aromatic N) is 1. The number of nitrogens with two attached hydrogens (primary N) is 1. The second kappa shape index (κ2) is 11.2. The van der Waals surface area contributed by atoms with Crippen LogP contribution in [-0.2, 0) is 24.3 Å². The number of esters is 1. The summed E-state index contributed by atoms with van der Waals surface area (Å²) in [6.07, 6.45) is 0.846. The van der Waals surface area contributed by atoms with E-state index < -0.39 is 5.97 Å². The summed E-state index contributed by atoms with van der Waals surface area (Å²) in [7, 11) is 2.89. The van der Waals surface area contributed by atoms with Crippen molar-refractivity contribution in [2.75, 3.05) is 14.2 Å². The average molecular weight is 463 g/mol. The zero-order chi connectivity index (χ0) is 24.8. The number of rotatable bonds is 9. The Morgan fingerprint density at radius 2 is 1.74 bits per heavy atom. The van der Waals surface area contributed by atoms with E-state index in [0.29, 0.717) is 29.5 Å². The summed E-state index contributed by atoms with van der Waals surface area (Å²) < 4.78 is 16.4. The van der Waals surface area contributed by atoms with Gasteiger partial charge in [-0.1, -0.05) is 43.7 Å². The average Bonchev–Trinajstić information content (AvgIpc) is 2.82. The lowest BCUT2D eigenvalue weighted by Crippen LogP contribution is -2.15. The number of carbonyl (C=O) groups excluding carboxylic acids is 1. The predicted molar refractivity (Wildman–Crippen MR) is 134 cm³/mol. The molecule has 2 N–H and O–H groups in total. The first kappa shape index (κ1) is 25.2. The lowest BCUT2D eigenvalue weighted by Gasteiger charge is -2.22. The first-order chi connectivity index (χ1) is 16.3. The van der Waals surface area contributed by atoms with Crippen LogP contribution < -0.4 is 15.2 Å². The molecule has 6 heteroatoms. The lowest BCUT2D eigenvalue weighted by atomic mass is 9.90. The second-order valence-electron chi connectivity index (χ2n) is 8.79. The molecule has 0 saturated heterocycles. The van der Waals surface area contributed by atoms with Crippen LogP contribution in [0.2, 0.25) is 0 Å². The third kappa shape index (κ3) is 5.57. The van der Waals surface area contributed by atoms with Gasteiger partial charge in [-0.25, -0.2) is 4.79 Å². The topological polar surface area (TPSA) is 83.7 Å². The van der Waals surface area contributed by atoms with Crippen molar-refractivity contribution < 1.29 is 19.0 Å². The maximum atomic E-state index is 12.4. The molecular weight excluding hydrogens is 428 g/mol. The zero-order valence-corrected chi connectivity index (χ0v) is 20.9. The van der Waals surface area contributed by atoms with Crippen molar-refractivity contribution >= 4 is 5.97 Å². The SMILES string of the molecule is COC(=O)c1cc(OC)ccc1OCc1c(C)nc(CC(C)C)c(CN)c1-c1ccc(C)cc1. The standard InChI is InChI=1S/C28H34N2O4/c1-17(2)13-25-23(15-29)27(20-9-7-18(3)8-10-20)24(19(4)30-25)16-34-26-12-11-21(32-5)14-22(26)28(31)33-6/h7-12,14,17H,13,15-16,29H2,1-6H3. The highest BCUT2D eigenvalue weighted by Crippen LogP contribution is 2.34.